The van der Waals surface area contributed by atoms with Crippen molar-refractivity contribution in [2.24, 2.45) is 0 Å². The summed E-state index contributed by atoms with van der Waals surface area (Å²) in [6, 6.07) is 10.9. The third-order valence-corrected chi connectivity index (χ3v) is 7.21. The van der Waals surface area contributed by atoms with E-state index in [-0.39, 0.29) is 4.90 Å². The Labute approximate surface area is 190 Å². The van der Waals surface area contributed by atoms with Crippen LogP contribution in [0.15, 0.2) is 41.3 Å². The van der Waals surface area contributed by atoms with Crippen molar-refractivity contribution >= 4 is 20.9 Å². The van der Waals surface area contributed by atoms with Crippen LogP contribution in [-0.4, -0.2) is 13.0 Å². The van der Waals surface area contributed by atoms with Gasteiger partial charge in [-0.3, -0.25) is 4.55 Å². The van der Waals surface area contributed by atoms with E-state index in [1.165, 1.54) is 96.0 Å². The van der Waals surface area contributed by atoms with Gasteiger partial charge in [0.05, 0.1) is 0 Å². The Bertz CT molecular complexity index is 858. The smallest absolute Gasteiger partial charge is 0.282 e. The zero-order chi connectivity index (χ0) is 22.4. The quantitative estimate of drug-likeness (QED) is 0.196. The maximum Gasteiger partial charge on any atom is 0.295 e. The average Bonchev–Trinajstić information content (AvgIpc) is 2.75. The predicted molar refractivity (Wildman–Crippen MR) is 132 cm³/mol. The van der Waals surface area contributed by atoms with Crippen molar-refractivity contribution < 1.29 is 13.0 Å². The number of unbranched alkanes of at least 4 members (excludes halogenated alkanes) is 14. The van der Waals surface area contributed by atoms with E-state index < -0.39 is 10.1 Å². The van der Waals surface area contributed by atoms with Gasteiger partial charge in [0.2, 0.25) is 0 Å². The molecule has 0 saturated carbocycles. The van der Waals surface area contributed by atoms with Gasteiger partial charge in [-0.05, 0) is 29.9 Å². The van der Waals surface area contributed by atoms with E-state index in [0.717, 1.165) is 23.8 Å². The zero-order valence-corrected chi connectivity index (χ0v) is 20.3. The standard InChI is InChI=1S/C27H42O3S/c1-2-3-4-5-6-7-8-9-10-11-12-13-14-15-16-19-24-22-23-27(31(28,29)30)26-21-18-17-20-25(24)26/h17-18,20-23H,2-16,19H2,1H3,(H,28,29,30). The maximum atomic E-state index is 11.6. The van der Waals surface area contributed by atoms with Gasteiger partial charge < -0.3 is 0 Å². The summed E-state index contributed by atoms with van der Waals surface area (Å²) in [4.78, 5) is 0.00310. The van der Waals surface area contributed by atoms with Gasteiger partial charge in [-0.2, -0.15) is 8.42 Å². The van der Waals surface area contributed by atoms with Gasteiger partial charge in [-0.25, -0.2) is 0 Å². The fraction of sp³-hybridized carbons (Fsp3) is 0.630. The molecule has 2 rings (SSSR count). The van der Waals surface area contributed by atoms with E-state index in [4.69, 9.17) is 0 Å². The number of hydrogen-bond donors (Lipinski definition) is 1. The van der Waals surface area contributed by atoms with E-state index in [1.807, 2.05) is 24.3 Å². The van der Waals surface area contributed by atoms with E-state index in [0.29, 0.717) is 5.39 Å². The largest absolute Gasteiger partial charge is 0.295 e. The summed E-state index contributed by atoms with van der Waals surface area (Å²) in [7, 11) is -4.20. The van der Waals surface area contributed by atoms with Gasteiger partial charge in [0.25, 0.3) is 10.1 Å². The molecule has 0 atom stereocenters. The predicted octanol–water partition coefficient (Wildman–Crippen LogP) is 8.50. The van der Waals surface area contributed by atoms with Crippen LogP contribution < -0.4 is 0 Å². The Kier molecular flexibility index (Phi) is 12.2. The summed E-state index contributed by atoms with van der Waals surface area (Å²) in [6.07, 6.45) is 21.2. The summed E-state index contributed by atoms with van der Waals surface area (Å²) < 4.78 is 32.7. The van der Waals surface area contributed by atoms with Crippen LogP contribution in [-0.2, 0) is 16.5 Å². The van der Waals surface area contributed by atoms with Crippen LogP contribution in [0.4, 0.5) is 0 Å². The number of fused-ring (bicyclic) bond motifs is 1. The lowest BCUT2D eigenvalue weighted by molar-refractivity contribution is 0.484. The lowest BCUT2D eigenvalue weighted by atomic mass is 9.99. The molecule has 2 aromatic rings. The third-order valence-electron chi connectivity index (χ3n) is 6.30. The fourth-order valence-corrected chi connectivity index (χ4v) is 5.16. The van der Waals surface area contributed by atoms with E-state index in [2.05, 4.69) is 6.92 Å². The van der Waals surface area contributed by atoms with Crippen molar-refractivity contribution in [1.82, 2.24) is 0 Å². The van der Waals surface area contributed by atoms with Crippen LogP contribution in [0, 0.1) is 0 Å². The molecule has 0 aromatic heterocycles. The molecule has 0 spiro atoms. The summed E-state index contributed by atoms with van der Waals surface area (Å²) in [5.74, 6) is 0. The molecule has 174 valence electrons. The second-order valence-electron chi connectivity index (χ2n) is 8.94. The third kappa shape index (κ3) is 9.74. The number of benzene rings is 2. The molecule has 4 heteroatoms. The van der Waals surface area contributed by atoms with Gasteiger partial charge in [-0.1, -0.05) is 127 Å². The first-order valence-corrected chi connectivity index (χ1v) is 14.0. The van der Waals surface area contributed by atoms with Crippen molar-refractivity contribution in [3.63, 3.8) is 0 Å². The number of aryl methyl sites for hydroxylation is 1. The van der Waals surface area contributed by atoms with Crippen LogP contribution in [0.5, 0.6) is 0 Å². The highest BCUT2D eigenvalue weighted by atomic mass is 32.2. The molecule has 0 aliphatic heterocycles. The average molecular weight is 447 g/mol. The fourth-order valence-electron chi connectivity index (χ4n) is 4.46. The first kappa shape index (κ1) is 25.9. The van der Waals surface area contributed by atoms with E-state index >= 15 is 0 Å². The Morgan fingerprint density at radius 1 is 0.613 bits per heavy atom. The molecule has 0 heterocycles. The normalized spacial score (nSPS) is 11.9. The number of hydrogen-bond acceptors (Lipinski definition) is 2. The van der Waals surface area contributed by atoms with Crippen molar-refractivity contribution in [2.75, 3.05) is 0 Å². The van der Waals surface area contributed by atoms with Crippen molar-refractivity contribution in [2.45, 2.75) is 115 Å². The highest BCUT2D eigenvalue weighted by molar-refractivity contribution is 7.86. The molecule has 0 aliphatic rings. The highest BCUT2D eigenvalue weighted by Gasteiger charge is 2.15. The zero-order valence-electron chi connectivity index (χ0n) is 19.4. The topological polar surface area (TPSA) is 54.4 Å². The molecular weight excluding hydrogens is 404 g/mol. The minimum atomic E-state index is -4.20. The van der Waals surface area contributed by atoms with E-state index in [1.54, 1.807) is 6.07 Å². The SMILES string of the molecule is CCCCCCCCCCCCCCCCCc1ccc(S(=O)(=O)O)c2ccccc12. The van der Waals surface area contributed by atoms with Gasteiger partial charge >= 0.3 is 0 Å². The minimum Gasteiger partial charge on any atom is -0.282 e. The van der Waals surface area contributed by atoms with Crippen LogP contribution in [0.25, 0.3) is 10.8 Å². The van der Waals surface area contributed by atoms with Gasteiger partial charge in [0.1, 0.15) is 4.90 Å². The Morgan fingerprint density at radius 2 is 1.06 bits per heavy atom. The summed E-state index contributed by atoms with van der Waals surface area (Å²) in [6.45, 7) is 2.27. The molecule has 2 aromatic carbocycles. The first-order valence-electron chi connectivity index (χ1n) is 12.5. The lowest BCUT2D eigenvalue weighted by Gasteiger charge is -2.10. The summed E-state index contributed by atoms with van der Waals surface area (Å²) >= 11 is 0. The molecule has 0 amide bonds. The minimum absolute atomic E-state index is 0.00310. The highest BCUT2D eigenvalue weighted by Crippen LogP contribution is 2.27. The molecule has 1 N–H and O–H groups in total. The van der Waals surface area contributed by atoms with Crippen LogP contribution in [0.3, 0.4) is 0 Å². The van der Waals surface area contributed by atoms with Gasteiger partial charge in [-0.15, -0.1) is 0 Å². The van der Waals surface area contributed by atoms with Crippen LogP contribution in [0.1, 0.15) is 109 Å². The molecule has 0 unspecified atom stereocenters. The van der Waals surface area contributed by atoms with Crippen molar-refractivity contribution in [3.05, 3.63) is 42.0 Å². The Balaban J connectivity index is 1.56. The summed E-state index contributed by atoms with van der Waals surface area (Å²) in [5.41, 5.74) is 1.16. The lowest BCUT2D eigenvalue weighted by Crippen LogP contribution is -2.00. The molecule has 31 heavy (non-hydrogen) atoms. The van der Waals surface area contributed by atoms with Crippen LogP contribution >= 0.6 is 0 Å². The van der Waals surface area contributed by atoms with E-state index in [9.17, 15) is 13.0 Å². The summed E-state index contributed by atoms with van der Waals surface area (Å²) in [5, 5.41) is 1.55. The second kappa shape index (κ2) is 14.6. The Morgan fingerprint density at radius 3 is 1.55 bits per heavy atom. The molecule has 0 aliphatic carbocycles. The molecular formula is C27H42O3S. The molecule has 3 nitrogen and oxygen atoms in total. The maximum absolute atomic E-state index is 11.6. The Hall–Kier alpha value is -1.39. The van der Waals surface area contributed by atoms with Gasteiger partial charge in [0, 0.05) is 5.39 Å². The molecule has 0 radical (unpaired) electrons. The monoisotopic (exact) mass is 446 g/mol. The van der Waals surface area contributed by atoms with Gasteiger partial charge in [0.15, 0.2) is 0 Å². The first-order chi connectivity index (χ1) is 15.0. The molecule has 0 fully saturated rings. The second-order valence-corrected chi connectivity index (χ2v) is 10.3. The van der Waals surface area contributed by atoms with Crippen molar-refractivity contribution in [3.8, 4) is 0 Å². The molecule has 0 bridgehead atoms. The number of rotatable bonds is 17. The van der Waals surface area contributed by atoms with Crippen molar-refractivity contribution in [1.29, 1.82) is 0 Å². The van der Waals surface area contributed by atoms with Crippen LogP contribution in [0.2, 0.25) is 0 Å². The molecule has 0 saturated heterocycles.